The van der Waals surface area contributed by atoms with E-state index in [9.17, 15) is 13.2 Å². The number of hydrogen-bond acceptors (Lipinski definition) is 5. The van der Waals surface area contributed by atoms with E-state index in [1.807, 2.05) is 25.1 Å². The maximum Gasteiger partial charge on any atom is 0.327 e. The number of nitrogens with zero attached hydrogens (tertiary/aromatic N) is 2. The number of H-pyrrole nitrogens is 1. The summed E-state index contributed by atoms with van der Waals surface area (Å²) in [4.78, 5) is 19.6. The molecule has 0 amide bonds. The molecule has 0 aliphatic rings. The zero-order chi connectivity index (χ0) is 25.2. The van der Waals surface area contributed by atoms with Gasteiger partial charge in [-0.1, -0.05) is 36.4 Å². The van der Waals surface area contributed by atoms with Gasteiger partial charge in [0.05, 0.1) is 43.1 Å². The first-order chi connectivity index (χ1) is 16.8. The van der Waals surface area contributed by atoms with E-state index in [0.717, 1.165) is 17.4 Å². The van der Waals surface area contributed by atoms with E-state index in [-0.39, 0.29) is 5.75 Å². The van der Waals surface area contributed by atoms with E-state index in [1.54, 1.807) is 42.5 Å². The first-order valence-electron chi connectivity index (χ1n) is 10.9. The smallest absolute Gasteiger partial charge is 0.327 e. The Hall–Kier alpha value is -4.03. The number of methoxy groups -OCH3 is 1. The molecule has 0 aliphatic carbocycles. The van der Waals surface area contributed by atoms with Crippen molar-refractivity contribution in [3.63, 3.8) is 0 Å². The van der Waals surface area contributed by atoms with Crippen LogP contribution in [0.3, 0.4) is 0 Å². The topological polar surface area (TPSA) is 94.8 Å². The summed E-state index contributed by atoms with van der Waals surface area (Å²) in [6, 6.07) is 17.0. The van der Waals surface area contributed by atoms with Gasteiger partial charge in [0.2, 0.25) is 0 Å². The maximum atomic E-state index is 13.2. The summed E-state index contributed by atoms with van der Waals surface area (Å²) in [5.41, 5.74) is 3.31. The number of imidazole rings is 1. The van der Waals surface area contributed by atoms with Crippen LogP contribution >= 0.6 is 0 Å². The highest BCUT2D eigenvalue weighted by Gasteiger charge is 2.25. The average molecular weight is 492 g/mol. The van der Waals surface area contributed by atoms with Gasteiger partial charge in [-0.05, 0) is 47.9 Å². The summed E-state index contributed by atoms with van der Waals surface area (Å²) in [5, 5.41) is 0. The van der Waals surface area contributed by atoms with Gasteiger partial charge in [0.25, 0.3) is 0 Å². The van der Waals surface area contributed by atoms with Crippen molar-refractivity contribution in [2.75, 3.05) is 25.7 Å². The summed E-state index contributed by atoms with van der Waals surface area (Å²) in [5.74, 6) is 0.708. The Morgan fingerprint density at radius 3 is 2.54 bits per heavy atom. The van der Waals surface area contributed by atoms with Gasteiger partial charge in [-0.3, -0.25) is 4.57 Å². The molecule has 1 atom stereocenters. The predicted molar refractivity (Wildman–Crippen MR) is 136 cm³/mol. The van der Waals surface area contributed by atoms with E-state index < -0.39 is 21.6 Å². The van der Waals surface area contributed by atoms with E-state index >= 15 is 0 Å². The quantitative estimate of drug-likeness (QED) is 0.364. The van der Waals surface area contributed by atoms with Gasteiger partial charge in [0.1, 0.15) is 9.84 Å². The number of aromatic nitrogens is 2. The third-order valence-corrected chi connectivity index (χ3v) is 6.62. The highest BCUT2D eigenvalue weighted by Crippen LogP contribution is 2.35. The van der Waals surface area contributed by atoms with Crippen LogP contribution in [0.5, 0.6) is 11.5 Å². The van der Waals surface area contributed by atoms with E-state index in [4.69, 9.17) is 16.0 Å². The number of benzene rings is 3. The third-order valence-electron chi connectivity index (χ3n) is 5.70. The van der Waals surface area contributed by atoms with Crippen LogP contribution in [0.15, 0.2) is 65.5 Å². The van der Waals surface area contributed by atoms with Crippen LogP contribution in [0.25, 0.3) is 27.0 Å². The molecule has 0 bridgehead atoms. The van der Waals surface area contributed by atoms with Crippen LogP contribution < -0.4 is 15.2 Å². The van der Waals surface area contributed by atoms with Crippen LogP contribution in [-0.2, 0) is 9.84 Å². The van der Waals surface area contributed by atoms with Crippen molar-refractivity contribution < 1.29 is 17.9 Å². The molecule has 1 aromatic heterocycles. The normalized spacial score (nSPS) is 12.3. The zero-order valence-corrected chi connectivity index (χ0v) is 20.4. The van der Waals surface area contributed by atoms with Gasteiger partial charge in [0.15, 0.2) is 17.2 Å². The number of hydrogen-bond donors (Lipinski definition) is 1. The van der Waals surface area contributed by atoms with Gasteiger partial charge >= 0.3 is 5.69 Å². The molecule has 35 heavy (non-hydrogen) atoms. The SMILES string of the molecule is [C-]#[N+]c1ccccc1-c1ccc2c(c1)[nH]c(=O)n2[C@H](CS(C)(=O)=O)c1ccc(OC)c(OCC)c1. The van der Waals surface area contributed by atoms with Crippen molar-refractivity contribution in [2.45, 2.75) is 13.0 Å². The molecule has 4 aromatic rings. The van der Waals surface area contributed by atoms with E-state index in [2.05, 4.69) is 9.83 Å². The molecule has 0 radical (unpaired) electrons. The fourth-order valence-corrected chi connectivity index (χ4v) is 5.11. The van der Waals surface area contributed by atoms with Crippen molar-refractivity contribution >= 4 is 26.6 Å². The van der Waals surface area contributed by atoms with Gasteiger partial charge in [-0.15, -0.1) is 0 Å². The first-order valence-corrected chi connectivity index (χ1v) is 13.0. The molecular formula is C26H25N3O5S. The number of para-hydroxylation sites is 1. The monoisotopic (exact) mass is 491 g/mol. The second kappa shape index (κ2) is 9.68. The highest BCUT2D eigenvalue weighted by atomic mass is 32.2. The standard InChI is InChI=1S/C26H25N3O5S/c1-5-34-25-15-18(11-13-24(25)33-3)23(16-35(4,31)32)29-22-12-10-17(14-21(22)28-26(29)30)19-8-6-7-9-20(19)27-2/h6-15,23H,5,16H2,1,3-4H3,(H,28,30)/t23-/m1/s1. The molecule has 0 saturated heterocycles. The lowest BCUT2D eigenvalue weighted by Gasteiger charge is -2.20. The Balaban J connectivity index is 1.89. The molecule has 180 valence electrons. The summed E-state index contributed by atoms with van der Waals surface area (Å²) in [6.07, 6.45) is 1.15. The fourth-order valence-electron chi connectivity index (χ4n) is 4.20. The van der Waals surface area contributed by atoms with E-state index in [0.29, 0.717) is 40.4 Å². The summed E-state index contributed by atoms with van der Waals surface area (Å²) in [7, 11) is -1.94. The lowest BCUT2D eigenvalue weighted by atomic mass is 10.0. The number of rotatable bonds is 8. The summed E-state index contributed by atoms with van der Waals surface area (Å²) < 4.78 is 37.3. The largest absolute Gasteiger partial charge is 0.493 e. The molecule has 9 heteroatoms. The number of ether oxygens (including phenoxy) is 2. The molecule has 3 aromatic carbocycles. The van der Waals surface area contributed by atoms with Gasteiger partial charge < -0.3 is 14.5 Å². The van der Waals surface area contributed by atoms with Crippen molar-refractivity contribution in [1.29, 1.82) is 0 Å². The van der Waals surface area contributed by atoms with Crippen molar-refractivity contribution in [1.82, 2.24) is 9.55 Å². The Bertz CT molecular complexity index is 1600. The number of aromatic amines is 1. The molecule has 0 fully saturated rings. The maximum absolute atomic E-state index is 13.2. The lowest BCUT2D eigenvalue weighted by Crippen LogP contribution is -2.28. The van der Waals surface area contributed by atoms with Crippen molar-refractivity contribution in [3.8, 4) is 22.6 Å². The zero-order valence-electron chi connectivity index (χ0n) is 19.6. The minimum Gasteiger partial charge on any atom is -0.493 e. The molecule has 8 nitrogen and oxygen atoms in total. The summed E-state index contributed by atoms with van der Waals surface area (Å²) >= 11 is 0. The van der Waals surface area contributed by atoms with Crippen LogP contribution in [0.4, 0.5) is 5.69 Å². The van der Waals surface area contributed by atoms with Crippen LogP contribution in [0, 0.1) is 6.57 Å². The van der Waals surface area contributed by atoms with Crippen molar-refractivity contribution in [2.24, 2.45) is 0 Å². The molecule has 1 heterocycles. The molecule has 4 rings (SSSR count). The minimum absolute atomic E-state index is 0.278. The van der Waals surface area contributed by atoms with Crippen LogP contribution in [0.1, 0.15) is 18.5 Å². The highest BCUT2D eigenvalue weighted by molar-refractivity contribution is 7.90. The Morgan fingerprint density at radius 2 is 1.86 bits per heavy atom. The fraction of sp³-hybridized carbons (Fsp3) is 0.231. The molecule has 0 unspecified atom stereocenters. The molecule has 0 saturated carbocycles. The Kier molecular flexibility index (Phi) is 6.67. The van der Waals surface area contributed by atoms with Crippen LogP contribution in [-0.4, -0.2) is 43.7 Å². The van der Waals surface area contributed by atoms with Crippen molar-refractivity contribution in [3.05, 3.63) is 88.1 Å². The molecule has 0 aliphatic heterocycles. The Morgan fingerprint density at radius 1 is 1.09 bits per heavy atom. The first kappa shape index (κ1) is 24.1. The predicted octanol–water partition coefficient (Wildman–Crippen LogP) is 4.59. The van der Waals surface area contributed by atoms with E-state index in [1.165, 1.54) is 11.7 Å². The van der Waals surface area contributed by atoms with Gasteiger partial charge in [-0.25, -0.2) is 18.1 Å². The average Bonchev–Trinajstić information content (AvgIpc) is 3.16. The van der Waals surface area contributed by atoms with Gasteiger partial charge in [0, 0.05) is 6.26 Å². The molecule has 1 N–H and O–H groups in total. The molecule has 0 spiro atoms. The molecular weight excluding hydrogens is 466 g/mol. The number of fused-ring (bicyclic) bond motifs is 1. The third kappa shape index (κ3) is 4.93. The second-order valence-electron chi connectivity index (χ2n) is 8.11. The van der Waals surface area contributed by atoms with Gasteiger partial charge in [-0.2, -0.15) is 0 Å². The number of sulfone groups is 1. The summed E-state index contributed by atoms with van der Waals surface area (Å²) in [6.45, 7) is 9.68. The van der Waals surface area contributed by atoms with Crippen LogP contribution in [0.2, 0.25) is 0 Å². The Labute approximate surface area is 203 Å². The number of nitrogens with one attached hydrogen (secondary N) is 1. The minimum atomic E-state index is -3.46. The second-order valence-corrected chi connectivity index (χ2v) is 10.3. The lowest BCUT2D eigenvalue weighted by molar-refractivity contribution is 0.310.